The number of hydrogen-bond donors (Lipinski definition) is 2. The molecule has 3 N–H and O–H groups in total. The lowest BCUT2D eigenvalue weighted by Gasteiger charge is -2.53. The molecule has 1 fully saturated rings. The third kappa shape index (κ3) is 4.17. The molecule has 0 aliphatic carbocycles. The number of nitrogens with zero attached hydrogens (tertiary/aromatic N) is 5. The van der Waals surface area contributed by atoms with E-state index in [0.717, 1.165) is 29.6 Å². The van der Waals surface area contributed by atoms with Crippen molar-refractivity contribution in [3.05, 3.63) is 53.1 Å². The number of rotatable bonds is 5. The van der Waals surface area contributed by atoms with Crippen LogP contribution in [0.2, 0.25) is 0 Å². The summed E-state index contributed by atoms with van der Waals surface area (Å²) in [5.41, 5.74) is 5.21. The van der Waals surface area contributed by atoms with Crippen molar-refractivity contribution in [3.63, 3.8) is 0 Å². The summed E-state index contributed by atoms with van der Waals surface area (Å²) in [6.07, 6.45) is -0.118. The molecule has 0 unspecified atom stereocenters. The molecule has 2 aromatic heterocycles. The van der Waals surface area contributed by atoms with Gasteiger partial charge in [-0.3, -0.25) is 10.00 Å². The summed E-state index contributed by atoms with van der Waals surface area (Å²) in [5.74, 6) is -0.00655. The highest BCUT2D eigenvalue weighted by molar-refractivity contribution is 5.65. The summed E-state index contributed by atoms with van der Waals surface area (Å²) in [6, 6.07) is 3.05. The lowest BCUT2D eigenvalue weighted by Crippen LogP contribution is -2.61. The van der Waals surface area contributed by atoms with Crippen LogP contribution in [0.5, 0.6) is 0 Å². The monoisotopic (exact) mass is 515 g/mol. The minimum absolute atomic E-state index is 0.00430. The Labute approximate surface area is 213 Å². The van der Waals surface area contributed by atoms with Crippen LogP contribution < -0.4 is 5.73 Å². The lowest BCUT2D eigenvalue weighted by molar-refractivity contribution is -0.231. The minimum atomic E-state index is -1.45. The fourth-order valence-electron chi connectivity index (χ4n) is 5.83. The van der Waals surface area contributed by atoms with Gasteiger partial charge in [0.1, 0.15) is 29.7 Å². The number of nitrogens with one attached hydrogen (secondary N) is 1. The van der Waals surface area contributed by atoms with Gasteiger partial charge in [-0.1, -0.05) is 20.8 Å². The zero-order valence-corrected chi connectivity index (χ0v) is 21.3. The number of hydrogen-bond acceptors (Lipinski definition) is 7. The van der Waals surface area contributed by atoms with Crippen LogP contribution in [0.3, 0.4) is 0 Å². The van der Waals surface area contributed by atoms with Crippen molar-refractivity contribution in [1.82, 2.24) is 29.6 Å². The van der Waals surface area contributed by atoms with E-state index in [-0.39, 0.29) is 18.2 Å². The molecular formula is C25H31F2N7O3. The summed E-state index contributed by atoms with van der Waals surface area (Å²) in [4.78, 5) is 23.2. The Morgan fingerprint density at radius 3 is 2.76 bits per heavy atom. The average Bonchev–Trinajstić information content (AvgIpc) is 3.55. The highest BCUT2D eigenvalue weighted by atomic mass is 19.1. The molecule has 5 rings (SSSR count). The van der Waals surface area contributed by atoms with Gasteiger partial charge in [0.2, 0.25) is 5.82 Å². The highest BCUT2D eigenvalue weighted by Crippen LogP contribution is 2.51. The first-order valence-electron chi connectivity index (χ1n) is 12.3. The molecule has 1 amide bonds. The van der Waals surface area contributed by atoms with Crippen LogP contribution in [0.15, 0.2) is 24.5 Å². The van der Waals surface area contributed by atoms with E-state index in [1.807, 2.05) is 27.7 Å². The van der Waals surface area contributed by atoms with Crippen LogP contribution in [-0.4, -0.2) is 54.5 Å². The fourth-order valence-corrected chi connectivity index (χ4v) is 5.83. The van der Waals surface area contributed by atoms with Crippen LogP contribution in [-0.2, 0) is 34.7 Å². The number of fused-ring (bicyclic) bond motifs is 1. The van der Waals surface area contributed by atoms with Gasteiger partial charge < -0.3 is 19.8 Å². The van der Waals surface area contributed by atoms with E-state index in [0.29, 0.717) is 37.7 Å². The van der Waals surface area contributed by atoms with E-state index >= 15 is 4.39 Å². The number of halogens is 2. The second kappa shape index (κ2) is 9.18. The number of ether oxygens (including phenoxy) is 2. The molecule has 1 aromatic carbocycles. The number of H-pyrrole nitrogens is 1. The second-order valence-electron chi connectivity index (χ2n) is 10.5. The Kier molecular flexibility index (Phi) is 6.27. The van der Waals surface area contributed by atoms with Gasteiger partial charge in [0, 0.05) is 37.7 Å². The van der Waals surface area contributed by atoms with Crippen molar-refractivity contribution < 1.29 is 23.0 Å². The first-order chi connectivity index (χ1) is 17.5. The third-order valence-electron chi connectivity index (χ3n) is 7.45. The second-order valence-corrected chi connectivity index (χ2v) is 10.5. The molecule has 3 aromatic rings. The van der Waals surface area contributed by atoms with Crippen molar-refractivity contribution in [2.45, 2.75) is 71.5 Å². The Hall–Kier alpha value is -3.38. The molecule has 10 nitrogen and oxygen atoms in total. The van der Waals surface area contributed by atoms with Crippen LogP contribution >= 0.6 is 0 Å². The minimum Gasteiger partial charge on any atom is -0.443 e. The molecule has 198 valence electrons. The first-order valence-corrected chi connectivity index (χ1v) is 12.3. The maximum atomic E-state index is 15.2. The van der Waals surface area contributed by atoms with Gasteiger partial charge >= 0.3 is 6.09 Å². The van der Waals surface area contributed by atoms with E-state index in [1.165, 1.54) is 6.33 Å². The van der Waals surface area contributed by atoms with Crippen LogP contribution in [0.1, 0.15) is 51.1 Å². The van der Waals surface area contributed by atoms with Crippen molar-refractivity contribution in [3.8, 4) is 11.6 Å². The fraction of sp³-hybridized carbons (Fsp3) is 0.520. The molecule has 4 heterocycles. The van der Waals surface area contributed by atoms with Crippen molar-refractivity contribution in [1.29, 1.82) is 0 Å². The molecule has 0 bridgehead atoms. The topological polar surface area (TPSA) is 124 Å². The Bertz CT molecular complexity index is 1300. The van der Waals surface area contributed by atoms with Crippen molar-refractivity contribution >= 4 is 6.09 Å². The average molecular weight is 516 g/mol. The summed E-state index contributed by atoms with van der Waals surface area (Å²) in [7, 11) is 0. The standard InChI is InChI=1S/C25H31F2N7O3/c1-5-34-19-11-33(10-18(19)31-22(34)21-29-13-30-32-21)15-9-20(37-23(28)35)25(36-12-15,24(2,3)4)16-8-14(26)6-7-17(16)27/h6-8,13,15,20H,5,9-12H2,1-4H3,(H2,28,35)(H,29,30,32)/t15-,20+,25-/m1/s1. The predicted octanol–water partition coefficient (Wildman–Crippen LogP) is 3.48. The van der Waals surface area contributed by atoms with Gasteiger partial charge in [0.05, 0.1) is 18.0 Å². The number of nitrogens with two attached hydrogens (primary N) is 1. The molecule has 0 radical (unpaired) electrons. The van der Waals surface area contributed by atoms with Gasteiger partial charge in [-0.05, 0) is 30.5 Å². The van der Waals surface area contributed by atoms with Crippen molar-refractivity contribution in [2.75, 3.05) is 6.61 Å². The maximum Gasteiger partial charge on any atom is 0.404 e. The molecule has 3 atom stereocenters. The van der Waals surface area contributed by atoms with E-state index in [4.69, 9.17) is 20.2 Å². The highest BCUT2D eigenvalue weighted by Gasteiger charge is 2.58. The molecule has 0 saturated carbocycles. The normalized spacial score (nSPS) is 24.3. The van der Waals surface area contributed by atoms with Gasteiger partial charge in [0.15, 0.2) is 5.82 Å². The Morgan fingerprint density at radius 1 is 1.32 bits per heavy atom. The van der Waals surface area contributed by atoms with Crippen LogP contribution in [0, 0.1) is 17.0 Å². The summed E-state index contributed by atoms with van der Waals surface area (Å²) in [6.45, 7) is 9.63. The number of primary amides is 1. The third-order valence-corrected chi connectivity index (χ3v) is 7.45. The maximum absolute atomic E-state index is 15.2. The molecule has 2 aliphatic heterocycles. The number of aromatic amines is 1. The largest absolute Gasteiger partial charge is 0.443 e. The number of imidazole rings is 1. The van der Waals surface area contributed by atoms with Crippen molar-refractivity contribution in [2.24, 2.45) is 11.1 Å². The van der Waals surface area contributed by atoms with Gasteiger partial charge in [0.25, 0.3) is 0 Å². The molecule has 0 spiro atoms. The van der Waals surface area contributed by atoms with E-state index in [9.17, 15) is 9.18 Å². The zero-order valence-electron chi connectivity index (χ0n) is 21.3. The molecular weight excluding hydrogens is 484 g/mol. The first kappa shape index (κ1) is 25.3. The van der Waals surface area contributed by atoms with Crippen LogP contribution in [0.4, 0.5) is 13.6 Å². The SMILES string of the molecule is CCn1c(-c2nc[nH]n2)nc2c1CN([C@H]1CO[C@@](c3cc(F)ccc3F)(C(C)(C)C)[C@@H](OC(N)=O)C1)C2. The number of amides is 1. The smallest absolute Gasteiger partial charge is 0.404 e. The van der Waals surface area contributed by atoms with E-state index < -0.39 is 34.8 Å². The number of aromatic nitrogens is 5. The Morgan fingerprint density at radius 2 is 2.11 bits per heavy atom. The molecule has 37 heavy (non-hydrogen) atoms. The van der Waals surface area contributed by atoms with Gasteiger partial charge in [-0.2, -0.15) is 5.10 Å². The van der Waals surface area contributed by atoms with Gasteiger partial charge in [-0.15, -0.1) is 0 Å². The Balaban J connectivity index is 1.46. The molecule has 1 saturated heterocycles. The summed E-state index contributed by atoms with van der Waals surface area (Å²) < 4.78 is 43.6. The number of carbonyl (C=O) groups excluding carboxylic acids is 1. The van der Waals surface area contributed by atoms with Gasteiger partial charge in [-0.25, -0.2) is 23.5 Å². The van der Waals surface area contributed by atoms with E-state index in [1.54, 1.807) is 0 Å². The summed E-state index contributed by atoms with van der Waals surface area (Å²) >= 11 is 0. The summed E-state index contributed by atoms with van der Waals surface area (Å²) in [5, 5.41) is 6.89. The molecule has 2 aliphatic rings. The number of benzene rings is 1. The lowest BCUT2D eigenvalue weighted by atomic mass is 9.66. The van der Waals surface area contributed by atoms with Crippen LogP contribution in [0.25, 0.3) is 11.6 Å². The quantitative estimate of drug-likeness (QED) is 0.533. The number of carbonyl (C=O) groups is 1. The predicted molar refractivity (Wildman–Crippen MR) is 129 cm³/mol. The zero-order chi connectivity index (χ0) is 26.5. The molecule has 12 heteroatoms. The van der Waals surface area contributed by atoms with E-state index in [2.05, 4.69) is 24.6 Å².